The molecule has 0 bridgehead atoms. The molecule has 0 saturated heterocycles. The number of carbonyl (C=O) groups excluding carboxylic acids is 1. The molecule has 0 radical (unpaired) electrons. The largest absolute Gasteiger partial charge is 0.497 e. The summed E-state index contributed by atoms with van der Waals surface area (Å²) in [5.74, 6) is 6.62. The van der Waals surface area contributed by atoms with Gasteiger partial charge in [0.1, 0.15) is 18.1 Å². The van der Waals surface area contributed by atoms with Gasteiger partial charge in [0.2, 0.25) is 0 Å². The quantitative estimate of drug-likeness (QED) is 0.569. The molecule has 1 aromatic carbocycles. The van der Waals surface area contributed by atoms with E-state index in [1.165, 1.54) is 7.11 Å². The van der Waals surface area contributed by atoms with Crippen LogP contribution in [0.3, 0.4) is 0 Å². The third-order valence-electron chi connectivity index (χ3n) is 2.06. The van der Waals surface area contributed by atoms with E-state index in [2.05, 4.69) is 11.8 Å². The van der Waals surface area contributed by atoms with Crippen molar-refractivity contribution >= 4 is 6.29 Å². The van der Waals surface area contributed by atoms with Crippen LogP contribution in [0.25, 0.3) is 0 Å². The molecule has 0 spiro atoms. The first-order valence-corrected chi connectivity index (χ1v) is 4.92. The van der Waals surface area contributed by atoms with Crippen molar-refractivity contribution in [2.75, 3.05) is 14.2 Å². The van der Waals surface area contributed by atoms with Crippen molar-refractivity contribution in [1.29, 1.82) is 0 Å². The number of hydrogen-bond donors (Lipinski definition) is 0. The molecule has 0 aromatic heterocycles. The maximum absolute atomic E-state index is 10.3. The highest BCUT2D eigenvalue weighted by atomic mass is 16.5. The lowest BCUT2D eigenvalue weighted by molar-refractivity contribution is -0.109. The number of benzene rings is 1. The van der Waals surface area contributed by atoms with E-state index < -0.39 is 0 Å². The van der Waals surface area contributed by atoms with Crippen LogP contribution >= 0.6 is 0 Å². The minimum Gasteiger partial charge on any atom is -0.497 e. The molecule has 3 heteroatoms. The average Bonchev–Trinajstić information content (AvgIpc) is 2.35. The monoisotopic (exact) mass is 218 g/mol. The minimum atomic E-state index is -0.334. The van der Waals surface area contributed by atoms with Gasteiger partial charge >= 0.3 is 0 Å². The van der Waals surface area contributed by atoms with E-state index in [0.29, 0.717) is 6.42 Å². The van der Waals surface area contributed by atoms with E-state index in [1.807, 2.05) is 24.3 Å². The molecule has 0 aliphatic carbocycles. The van der Waals surface area contributed by atoms with E-state index >= 15 is 0 Å². The van der Waals surface area contributed by atoms with Gasteiger partial charge in [0.15, 0.2) is 0 Å². The van der Waals surface area contributed by atoms with Crippen LogP contribution in [0.15, 0.2) is 24.3 Å². The first kappa shape index (κ1) is 12.3. The van der Waals surface area contributed by atoms with Gasteiger partial charge in [-0.3, -0.25) is 0 Å². The van der Waals surface area contributed by atoms with Crippen LogP contribution < -0.4 is 4.74 Å². The summed E-state index contributed by atoms with van der Waals surface area (Å²) >= 11 is 0. The van der Waals surface area contributed by atoms with Crippen molar-refractivity contribution in [3.63, 3.8) is 0 Å². The molecule has 1 rings (SSSR count). The molecule has 16 heavy (non-hydrogen) atoms. The standard InChI is InChI=1S/C13H14O3/c1-15-12-6-3-11(4-7-12)5-8-13(16-2)9-10-14/h3-4,6-7,10,13H,9H2,1-2H3/t13-/m0/s1. The second kappa shape index (κ2) is 6.65. The summed E-state index contributed by atoms with van der Waals surface area (Å²) in [7, 11) is 3.16. The van der Waals surface area contributed by atoms with Gasteiger partial charge in [-0.15, -0.1) is 0 Å². The molecule has 0 unspecified atom stereocenters. The molecule has 84 valence electrons. The van der Waals surface area contributed by atoms with Gasteiger partial charge in [0, 0.05) is 19.1 Å². The van der Waals surface area contributed by atoms with Crippen LogP contribution in [0, 0.1) is 11.8 Å². The molecule has 1 atom stereocenters. The minimum absolute atomic E-state index is 0.291. The zero-order valence-corrected chi connectivity index (χ0v) is 9.40. The first-order valence-electron chi connectivity index (χ1n) is 4.92. The Balaban J connectivity index is 2.70. The van der Waals surface area contributed by atoms with E-state index in [-0.39, 0.29) is 6.10 Å². The average molecular weight is 218 g/mol. The molecule has 0 saturated carbocycles. The number of aldehydes is 1. The highest BCUT2D eigenvalue weighted by Gasteiger charge is 2.00. The molecule has 0 aliphatic heterocycles. The van der Waals surface area contributed by atoms with Gasteiger partial charge in [0.25, 0.3) is 0 Å². The third kappa shape index (κ3) is 3.76. The van der Waals surface area contributed by atoms with Crippen LogP contribution in [-0.4, -0.2) is 26.6 Å². The van der Waals surface area contributed by atoms with Crippen molar-refractivity contribution in [3.8, 4) is 17.6 Å². The van der Waals surface area contributed by atoms with Gasteiger partial charge in [-0.05, 0) is 24.3 Å². The van der Waals surface area contributed by atoms with Crippen LogP contribution in [0.2, 0.25) is 0 Å². The second-order valence-electron chi connectivity index (χ2n) is 3.12. The number of methoxy groups -OCH3 is 2. The Morgan fingerprint density at radius 3 is 2.50 bits per heavy atom. The Bertz CT molecular complexity index is 384. The maximum atomic E-state index is 10.3. The molecule has 0 amide bonds. The Labute approximate surface area is 95.4 Å². The smallest absolute Gasteiger partial charge is 0.124 e. The molecule has 0 fully saturated rings. The van der Waals surface area contributed by atoms with Crippen molar-refractivity contribution < 1.29 is 14.3 Å². The summed E-state index contributed by atoms with van der Waals surface area (Å²) in [4.78, 5) is 10.3. The lowest BCUT2D eigenvalue weighted by Gasteiger charge is -2.02. The number of rotatable bonds is 4. The van der Waals surface area contributed by atoms with Gasteiger partial charge in [-0.25, -0.2) is 0 Å². The molecule has 0 heterocycles. The summed E-state index contributed by atoms with van der Waals surface area (Å²) in [5.41, 5.74) is 0.869. The predicted molar refractivity (Wildman–Crippen MR) is 61.4 cm³/mol. The van der Waals surface area contributed by atoms with Crippen LogP contribution in [-0.2, 0) is 9.53 Å². The Morgan fingerprint density at radius 1 is 1.31 bits per heavy atom. The second-order valence-corrected chi connectivity index (χ2v) is 3.12. The van der Waals surface area contributed by atoms with Crippen LogP contribution in [0.4, 0.5) is 0 Å². The molecule has 3 nitrogen and oxygen atoms in total. The molecule has 0 N–H and O–H groups in total. The fourth-order valence-corrected chi connectivity index (χ4v) is 1.14. The van der Waals surface area contributed by atoms with Crippen molar-refractivity contribution in [1.82, 2.24) is 0 Å². The van der Waals surface area contributed by atoms with Gasteiger partial charge < -0.3 is 14.3 Å². The van der Waals surface area contributed by atoms with Crippen LogP contribution in [0.1, 0.15) is 12.0 Å². The molecular weight excluding hydrogens is 204 g/mol. The zero-order chi connectivity index (χ0) is 11.8. The Kier molecular flexibility index (Phi) is 5.10. The summed E-state index contributed by atoms with van der Waals surface area (Å²) < 4.78 is 10.1. The van der Waals surface area contributed by atoms with E-state index in [1.54, 1.807) is 7.11 Å². The topological polar surface area (TPSA) is 35.5 Å². The van der Waals surface area contributed by atoms with E-state index in [4.69, 9.17) is 9.47 Å². The van der Waals surface area contributed by atoms with Crippen molar-refractivity contribution in [3.05, 3.63) is 29.8 Å². The summed E-state index contributed by atoms with van der Waals surface area (Å²) in [6.07, 6.45) is 0.760. The predicted octanol–water partition coefficient (Wildman–Crippen LogP) is 1.65. The van der Waals surface area contributed by atoms with Crippen molar-refractivity contribution in [2.24, 2.45) is 0 Å². The SMILES string of the molecule is COc1ccc(C#C[C@@H](CC=O)OC)cc1. The van der Waals surface area contributed by atoms with E-state index in [9.17, 15) is 4.79 Å². The Morgan fingerprint density at radius 2 is 2.00 bits per heavy atom. The molecule has 1 aromatic rings. The molecular formula is C13H14O3. The highest BCUT2D eigenvalue weighted by molar-refractivity contribution is 5.51. The normalized spacial score (nSPS) is 11.1. The first-order chi connectivity index (χ1) is 7.80. The lowest BCUT2D eigenvalue weighted by Crippen LogP contribution is -2.07. The number of ether oxygens (including phenoxy) is 2. The number of hydrogen-bond acceptors (Lipinski definition) is 3. The lowest BCUT2D eigenvalue weighted by atomic mass is 10.2. The summed E-state index contributed by atoms with van der Waals surface area (Å²) in [6, 6.07) is 7.40. The van der Waals surface area contributed by atoms with Gasteiger partial charge in [0.05, 0.1) is 7.11 Å². The number of carbonyl (C=O) groups is 1. The zero-order valence-electron chi connectivity index (χ0n) is 9.40. The third-order valence-corrected chi connectivity index (χ3v) is 2.06. The van der Waals surface area contributed by atoms with Crippen LogP contribution in [0.5, 0.6) is 5.75 Å². The fourth-order valence-electron chi connectivity index (χ4n) is 1.14. The fraction of sp³-hybridized carbons (Fsp3) is 0.308. The molecule has 0 aliphatic rings. The van der Waals surface area contributed by atoms with Gasteiger partial charge in [-0.1, -0.05) is 11.8 Å². The van der Waals surface area contributed by atoms with E-state index in [0.717, 1.165) is 17.6 Å². The Hall–Kier alpha value is -1.79. The van der Waals surface area contributed by atoms with Gasteiger partial charge in [-0.2, -0.15) is 0 Å². The highest BCUT2D eigenvalue weighted by Crippen LogP contribution is 2.10. The maximum Gasteiger partial charge on any atom is 0.124 e. The summed E-state index contributed by atoms with van der Waals surface area (Å²) in [5, 5.41) is 0. The van der Waals surface area contributed by atoms with Crippen molar-refractivity contribution in [2.45, 2.75) is 12.5 Å². The summed E-state index contributed by atoms with van der Waals surface area (Å²) in [6.45, 7) is 0.